The number of carbonyl (C=O) groups is 5. The number of carboxylic acid groups (broad SMARTS) is 1. The van der Waals surface area contributed by atoms with E-state index in [1.807, 2.05) is 0 Å². The molecule has 3 atom stereocenters. The summed E-state index contributed by atoms with van der Waals surface area (Å²) in [5, 5.41) is 23.2. The van der Waals surface area contributed by atoms with Crippen molar-refractivity contribution in [3.8, 4) is 0 Å². The van der Waals surface area contributed by atoms with Crippen molar-refractivity contribution in [2.45, 2.75) is 25.6 Å². The maximum absolute atomic E-state index is 12.5. The van der Waals surface area contributed by atoms with E-state index in [0.717, 1.165) is 14.2 Å². The van der Waals surface area contributed by atoms with Gasteiger partial charge in [0.25, 0.3) is 0 Å². The molecular weight excluding hydrogens is 428 g/mol. The van der Waals surface area contributed by atoms with E-state index in [1.54, 1.807) is 30.3 Å². The van der Waals surface area contributed by atoms with E-state index in [2.05, 4.69) is 20.1 Å². The smallest absolute Gasteiger partial charge is 0.408 e. The third kappa shape index (κ3) is 7.54. The monoisotopic (exact) mass is 454 g/mol. The van der Waals surface area contributed by atoms with E-state index in [0.29, 0.717) is 5.56 Å². The Bertz CT molecular complexity index is 798. The Morgan fingerprint density at radius 1 is 0.969 bits per heavy atom. The second-order valence-corrected chi connectivity index (χ2v) is 6.65. The summed E-state index contributed by atoms with van der Waals surface area (Å²) in [4.78, 5) is 60.0. The van der Waals surface area contributed by atoms with Crippen LogP contribution in [-0.2, 0) is 40.0 Å². The number of esters is 2. The number of rotatable bonds is 11. The van der Waals surface area contributed by atoms with Crippen LogP contribution >= 0.6 is 0 Å². The number of benzene rings is 1. The molecule has 12 nitrogen and oxygen atoms in total. The van der Waals surface area contributed by atoms with Gasteiger partial charge in [-0.1, -0.05) is 37.3 Å². The van der Waals surface area contributed by atoms with Gasteiger partial charge in [-0.2, -0.15) is 0 Å². The summed E-state index contributed by atoms with van der Waals surface area (Å²) < 4.78 is 14.0. The number of ether oxygens (including phenoxy) is 3. The molecule has 0 saturated carbocycles. The summed E-state index contributed by atoms with van der Waals surface area (Å²) >= 11 is 0. The van der Waals surface area contributed by atoms with E-state index in [-0.39, 0.29) is 6.61 Å². The van der Waals surface area contributed by atoms with Crippen LogP contribution in [0.1, 0.15) is 12.5 Å². The van der Waals surface area contributed by atoms with Crippen molar-refractivity contribution in [2.24, 2.45) is 11.8 Å². The molecule has 1 aromatic carbocycles. The lowest BCUT2D eigenvalue weighted by molar-refractivity contribution is -0.163. The standard InChI is InChI=1S/C20H26N2O10/c1-11(14(18(27)30-2)19(28)31-3)15(17(25)26)22-16(24)13(9-23)21-20(29)32-10-12-7-5-4-6-8-12/h4-8,11,13-15,23H,9-10H2,1-3H3,(H,21,29)(H,22,24)(H,25,26)/t11-,13-,15+/m0/s1. The molecule has 0 aliphatic rings. The van der Waals surface area contributed by atoms with Gasteiger partial charge in [0, 0.05) is 5.92 Å². The number of aliphatic hydroxyl groups is 1. The van der Waals surface area contributed by atoms with Crippen molar-refractivity contribution in [1.29, 1.82) is 0 Å². The number of amides is 2. The van der Waals surface area contributed by atoms with Crippen LogP contribution in [-0.4, -0.2) is 73.0 Å². The number of aliphatic carboxylic acids is 1. The number of nitrogens with one attached hydrogen (secondary N) is 2. The van der Waals surface area contributed by atoms with E-state index in [9.17, 15) is 34.2 Å². The fraction of sp³-hybridized carbons (Fsp3) is 0.450. The van der Waals surface area contributed by atoms with E-state index >= 15 is 0 Å². The highest BCUT2D eigenvalue weighted by Crippen LogP contribution is 2.20. The Kier molecular flexibility index (Phi) is 10.6. The van der Waals surface area contributed by atoms with Gasteiger partial charge in [-0.25, -0.2) is 9.59 Å². The molecule has 1 rings (SSSR count). The topological polar surface area (TPSA) is 178 Å². The average molecular weight is 454 g/mol. The molecule has 1 aromatic rings. The van der Waals surface area contributed by atoms with E-state index in [1.165, 1.54) is 6.92 Å². The molecule has 0 aromatic heterocycles. The van der Waals surface area contributed by atoms with Gasteiger partial charge in [-0.05, 0) is 5.56 Å². The largest absolute Gasteiger partial charge is 0.480 e. The summed E-state index contributed by atoms with van der Waals surface area (Å²) in [6.45, 7) is 0.263. The maximum atomic E-state index is 12.5. The summed E-state index contributed by atoms with van der Waals surface area (Å²) in [6.07, 6.45) is -1.02. The zero-order valence-corrected chi connectivity index (χ0v) is 17.8. The average Bonchev–Trinajstić information content (AvgIpc) is 2.79. The van der Waals surface area contributed by atoms with Gasteiger partial charge in [0.1, 0.15) is 18.7 Å². The zero-order chi connectivity index (χ0) is 24.3. The molecule has 4 N–H and O–H groups in total. The molecular formula is C20H26N2O10. The fourth-order valence-corrected chi connectivity index (χ4v) is 2.74. The number of alkyl carbamates (subject to hydrolysis) is 1. The fourth-order valence-electron chi connectivity index (χ4n) is 2.74. The van der Waals surface area contributed by atoms with Gasteiger partial charge in [0.05, 0.1) is 20.8 Å². The second-order valence-electron chi connectivity index (χ2n) is 6.65. The Labute approximate surface area is 183 Å². The summed E-state index contributed by atoms with van der Waals surface area (Å²) in [5.74, 6) is -7.66. The van der Waals surface area contributed by atoms with Crippen LogP contribution in [0.2, 0.25) is 0 Å². The van der Waals surface area contributed by atoms with E-state index in [4.69, 9.17) is 4.74 Å². The van der Waals surface area contributed by atoms with Crippen molar-refractivity contribution >= 4 is 29.9 Å². The molecule has 0 spiro atoms. The first-order valence-electron chi connectivity index (χ1n) is 9.43. The lowest BCUT2D eigenvalue weighted by Gasteiger charge is -2.27. The molecule has 0 aliphatic carbocycles. The first kappa shape index (κ1) is 26.4. The highest BCUT2D eigenvalue weighted by atomic mass is 16.6. The first-order chi connectivity index (χ1) is 15.2. The van der Waals surface area contributed by atoms with Gasteiger partial charge >= 0.3 is 24.0 Å². The molecule has 32 heavy (non-hydrogen) atoms. The van der Waals surface area contributed by atoms with Crippen LogP contribution in [0, 0.1) is 11.8 Å². The first-order valence-corrected chi connectivity index (χ1v) is 9.43. The van der Waals surface area contributed by atoms with Crippen molar-refractivity contribution in [1.82, 2.24) is 10.6 Å². The number of hydrogen-bond donors (Lipinski definition) is 4. The summed E-state index contributed by atoms with van der Waals surface area (Å²) in [7, 11) is 2.01. The minimum atomic E-state index is -1.75. The third-order valence-electron chi connectivity index (χ3n) is 4.53. The molecule has 0 radical (unpaired) electrons. The molecule has 0 fully saturated rings. The number of hydrogen-bond acceptors (Lipinski definition) is 9. The number of carbonyl (C=O) groups excluding carboxylic acids is 4. The van der Waals surface area contributed by atoms with Gasteiger partial charge in [0.2, 0.25) is 5.91 Å². The Balaban J connectivity index is 2.85. The van der Waals surface area contributed by atoms with Crippen molar-refractivity contribution in [2.75, 3.05) is 20.8 Å². The second kappa shape index (κ2) is 12.9. The number of methoxy groups -OCH3 is 2. The predicted octanol–water partition coefficient (Wildman–Crippen LogP) is -0.559. The Morgan fingerprint density at radius 3 is 2.00 bits per heavy atom. The number of carboxylic acids is 1. The summed E-state index contributed by atoms with van der Waals surface area (Å²) in [5.41, 5.74) is 0.684. The molecule has 0 heterocycles. The van der Waals surface area contributed by atoms with Gasteiger partial charge < -0.3 is 35.1 Å². The summed E-state index contributed by atoms with van der Waals surface area (Å²) in [6, 6.07) is 5.38. The molecule has 2 amide bonds. The molecule has 12 heteroatoms. The third-order valence-corrected chi connectivity index (χ3v) is 4.53. The van der Waals surface area contributed by atoms with Crippen LogP contribution in [0.4, 0.5) is 4.79 Å². The SMILES string of the molecule is COC(=O)C(C(=O)OC)[C@H](C)[C@@H](NC(=O)[C@H](CO)NC(=O)OCc1ccccc1)C(=O)O. The van der Waals surface area contributed by atoms with Crippen LogP contribution in [0.25, 0.3) is 0 Å². The van der Waals surface area contributed by atoms with Crippen LogP contribution < -0.4 is 10.6 Å². The molecule has 0 aliphatic heterocycles. The van der Waals surface area contributed by atoms with Gasteiger partial charge in [-0.3, -0.25) is 14.4 Å². The van der Waals surface area contributed by atoms with Crippen molar-refractivity contribution < 1.29 is 48.4 Å². The lowest BCUT2D eigenvalue weighted by atomic mass is 9.87. The van der Waals surface area contributed by atoms with Crippen LogP contribution in [0.5, 0.6) is 0 Å². The van der Waals surface area contributed by atoms with Crippen molar-refractivity contribution in [3.63, 3.8) is 0 Å². The van der Waals surface area contributed by atoms with Crippen LogP contribution in [0.3, 0.4) is 0 Å². The number of aliphatic hydroxyl groups excluding tert-OH is 1. The predicted molar refractivity (Wildman–Crippen MR) is 107 cm³/mol. The van der Waals surface area contributed by atoms with Crippen molar-refractivity contribution in [3.05, 3.63) is 35.9 Å². The molecule has 0 unspecified atom stereocenters. The molecule has 0 saturated heterocycles. The Hall–Kier alpha value is -3.67. The van der Waals surface area contributed by atoms with Gasteiger partial charge in [-0.15, -0.1) is 0 Å². The Morgan fingerprint density at radius 2 is 1.53 bits per heavy atom. The van der Waals surface area contributed by atoms with Gasteiger partial charge in [0.15, 0.2) is 5.92 Å². The zero-order valence-electron chi connectivity index (χ0n) is 17.8. The highest BCUT2D eigenvalue weighted by molar-refractivity contribution is 5.96. The maximum Gasteiger partial charge on any atom is 0.408 e. The highest BCUT2D eigenvalue weighted by Gasteiger charge is 2.42. The van der Waals surface area contributed by atoms with Crippen LogP contribution in [0.15, 0.2) is 30.3 Å². The molecule has 0 bridgehead atoms. The quantitative estimate of drug-likeness (QED) is 0.192. The minimum Gasteiger partial charge on any atom is -0.480 e. The lowest BCUT2D eigenvalue weighted by Crippen LogP contribution is -2.56. The normalized spacial score (nSPS) is 13.3. The molecule has 176 valence electrons. The minimum absolute atomic E-state index is 0.0961. The van der Waals surface area contributed by atoms with E-state index < -0.39 is 60.4 Å².